The molecule has 1 aromatic rings. The normalized spacial score (nSPS) is 15.0. The lowest BCUT2D eigenvalue weighted by Crippen LogP contribution is -2.33. The van der Waals surface area contributed by atoms with Crippen molar-refractivity contribution in [1.29, 1.82) is 0 Å². The molecular formula is C19H34N2. The van der Waals surface area contributed by atoms with Crippen molar-refractivity contribution in [1.82, 2.24) is 10.3 Å². The molecule has 0 saturated carbocycles. The minimum atomic E-state index is 0.414. The summed E-state index contributed by atoms with van der Waals surface area (Å²) >= 11 is 0. The van der Waals surface area contributed by atoms with Crippen molar-refractivity contribution in [3.05, 3.63) is 29.6 Å². The second kappa shape index (κ2) is 8.53. The van der Waals surface area contributed by atoms with Crippen LogP contribution in [0.15, 0.2) is 18.3 Å². The third kappa shape index (κ3) is 7.61. The summed E-state index contributed by atoms with van der Waals surface area (Å²) in [6.45, 7) is 14.8. The Morgan fingerprint density at radius 2 is 1.90 bits per heavy atom. The van der Waals surface area contributed by atoms with Crippen LogP contribution in [0.2, 0.25) is 0 Å². The Hall–Kier alpha value is -0.890. The van der Waals surface area contributed by atoms with Crippen LogP contribution in [0.4, 0.5) is 0 Å². The number of likely N-dealkylation sites (N-methyl/N-ethyl adjacent to an activating group) is 1. The lowest BCUT2D eigenvalue weighted by atomic mass is 9.82. The van der Waals surface area contributed by atoms with Crippen LogP contribution in [0.3, 0.4) is 0 Å². The highest BCUT2D eigenvalue weighted by Crippen LogP contribution is 2.27. The van der Waals surface area contributed by atoms with Gasteiger partial charge in [0.05, 0.1) is 0 Å². The number of nitrogens with zero attached hydrogens (tertiary/aromatic N) is 1. The lowest BCUT2D eigenvalue weighted by Gasteiger charge is -2.27. The standard InChI is InChI=1S/C19H34N2/c1-7-16-9-10-17(21-14-16)12-18(20-8-2)11-15(3)13-19(4,5)6/h9-10,14-15,18,20H,7-8,11-13H2,1-6H3. The van der Waals surface area contributed by atoms with Gasteiger partial charge in [0, 0.05) is 24.4 Å². The first-order valence-electron chi connectivity index (χ1n) is 8.51. The fourth-order valence-electron chi connectivity index (χ4n) is 3.18. The molecule has 120 valence electrons. The Balaban J connectivity index is 2.59. The van der Waals surface area contributed by atoms with Gasteiger partial charge in [0.1, 0.15) is 0 Å². The topological polar surface area (TPSA) is 24.9 Å². The van der Waals surface area contributed by atoms with E-state index in [4.69, 9.17) is 0 Å². The molecule has 1 heterocycles. The number of nitrogens with one attached hydrogen (secondary N) is 1. The summed E-state index contributed by atoms with van der Waals surface area (Å²) in [4.78, 5) is 4.61. The van der Waals surface area contributed by atoms with E-state index >= 15 is 0 Å². The number of hydrogen-bond donors (Lipinski definition) is 1. The monoisotopic (exact) mass is 290 g/mol. The van der Waals surface area contributed by atoms with Gasteiger partial charge in [-0.2, -0.15) is 0 Å². The zero-order valence-corrected chi connectivity index (χ0v) is 14.9. The van der Waals surface area contributed by atoms with Crippen LogP contribution in [0.25, 0.3) is 0 Å². The molecule has 0 saturated heterocycles. The maximum atomic E-state index is 4.61. The Labute approximate surface area is 131 Å². The number of hydrogen-bond acceptors (Lipinski definition) is 2. The molecule has 0 amide bonds. The maximum absolute atomic E-state index is 4.61. The number of pyridine rings is 1. The third-order valence-electron chi connectivity index (χ3n) is 3.89. The molecule has 0 aliphatic rings. The number of aromatic nitrogens is 1. The molecule has 1 rings (SSSR count). The zero-order chi connectivity index (χ0) is 15.9. The second-order valence-electron chi connectivity index (χ2n) is 7.58. The first kappa shape index (κ1) is 18.2. The van der Waals surface area contributed by atoms with Crippen molar-refractivity contribution in [2.45, 2.75) is 73.3 Å². The van der Waals surface area contributed by atoms with Gasteiger partial charge < -0.3 is 5.32 Å². The summed E-state index contributed by atoms with van der Waals surface area (Å²) in [6, 6.07) is 4.94. The minimum Gasteiger partial charge on any atom is -0.314 e. The Morgan fingerprint density at radius 3 is 2.38 bits per heavy atom. The van der Waals surface area contributed by atoms with E-state index in [9.17, 15) is 0 Å². The van der Waals surface area contributed by atoms with Gasteiger partial charge in [-0.3, -0.25) is 4.98 Å². The quantitative estimate of drug-likeness (QED) is 0.755. The molecule has 2 atom stereocenters. The van der Waals surface area contributed by atoms with E-state index in [2.05, 4.69) is 64.0 Å². The van der Waals surface area contributed by atoms with Crippen molar-refractivity contribution in [3.63, 3.8) is 0 Å². The van der Waals surface area contributed by atoms with Crippen molar-refractivity contribution in [2.24, 2.45) is 11.3 Å². The molecule has 0 aromatic carbocycles. The van der Waals surface area contributed by atoms with Crippen LogP contribution < -0.4 is 5.32 Å². The summed E-state index contributed by atoms with van der Waals surface area (Å²) in [5.41, 5.74) is 2.94. The van der Waals surface area contributed by atoms with E-state index in [0.717, 1.165) is 25.3 Å². The molecule has 2 unspecified atom stereocenters. The van der Waals surface area contributed by atoms with E-state index in [-0.39, 0.29) is 0 Å². The molecule has 2 nitrogen and oxygen atoms in total. The summed E-state index contributed by atoms with van der Waals surface area (Å²) in [5, 5.41) is 3.64. The predicted octanol–water partition coefficient (Wildman–Crippen LogP) is 4.63. The van der Waals surface area contributed by atoms with Crippen molar-refractivity contribution < 1.29 is 0 Å². The summed E-state index contributed by atoms with van der Waals surface area (Å²) in [7, 11) is 0. The second-order valence-corrected chi connectivity index (χ2v) is 7.58. The van der Waals surface area contributed by atoms with Gasteiger partial charge in [0.2, 0.25) is 0 Å². The zero-order valence-electron chi connectivity index (χ0n) is 14.9. The largest absolute Gasteiger partial charge is 0.314 e. The van der Waals surface area contributed by atoms with Gasteiger partial charge in [-0.25, -0.2) is 0 Å². The van der Waals surface area contributed by atoms with Gasteiger partial charge in [-0.15, -0.1) is 0 Å². The molecule has 0 radical (unpaired) electrons. The van der Waals surface area contributed by atoms with Crippen LogP contribution in [0.1, 0.15) is 65.6 Å². The smallest absolute Gasteiger partial charge is 0.0419 e. The van der Waals surface area contributed by atoms with Crippen LogP contribution in [0.5, 0.6) is 0 Å². The van der Waals surface area contributed by atoms with Crippen molar-refractivity contribution in [3.8, 4) is 0 Å². The van der Waals surface area contributed by atoms with Crippen molar-refractivity contribution in [2.75, 3.05) is 6.54 Å². The molecule has 21 heavy (non-hydrogen) atoms. The van der Waals surface area contributed by atoms with Gasteiger partial charge >= 0.3 is 0 Å². The predicted molar refractivity (Wildman–Crippen MR) is 92.6 cm³/mol. The number of aryl methyl sites for hydroxylation is 1. The fraction of sp³-hybridized carbons (Fsp3) is 0.737. The van der Waals surface area contributed by atoms with E-state index < -0.39 is 0 Å². The maximum Gasteiger partial charge on any atom is 0.0419 e. The average molecular weight is 290 g/mol. The summed E-state index contributed by atoms with van der Waals surface area (Å²) in [5.74, 6) is 0.740. The molecule has 0 fully saturated rings. The molecule has 1 N–H and O–H groups in total. The van der Waals surface area contributed by atoms with Gasteiger partial charge in [0.25, 0.3) is 0 Å². The first-order chi connectivity index (χ1) is 9.84. The molecule has 0 aliphatic carbocycles. The molecule has 1 aromatic heterocycles. The highest BCUT2D eigenvalue weighted by molar-refractivity contribution is 5.14. The Bertz CT molecular complexity index is 389. The van der Waals surface area contributed by atoms with E-state index in [1.165, 1.54) is 24.1 Å². The summed E-state index contributed by atoms with van der Waals surface area (Å²) < 4.78 is 0. The molecule has 2 heteroatoms. The van der Waals surface area contributed by atoms with Gasteiger partial charge in [-0.05, 0) is 48.8 Å². The summed E-state index contributed by atoms with van der Waals surface area (Å²) in [6.07, 6.45) is 6.62. The van der Waals surface area contributed by atoms with E-state index in [1.54, 1.807) is 0 Å². The van der Waals surface area contributed by atoms with Crippen LogP contribution in [-0.2, 0) is 12.8 Å². The van der Waals surface area contributed by atoms with E-state index in [1.807, 2.05) is 6.20 Å². The fourth-order valence-corrected chi connectivity index (χ4v) is 3.18. The SMILES string of the molecule is CCNC(Cc1ccc(CC)cn1)CC(C)CC(C)(C)C. The Morgan fingerprint density at radius 1 is 1.19 bits per heavy atom. The molecule has 0 spiro atoms. The Kier molecular flexibility index (Phi) is 7.37. The number of rotatable bonds is 8. The average Bonchev–Trinajstić information content (AvgIpc) is 2.37. The van der Waals surface area contributed by atoms with E-state index in [0.29, 0.717) is 11.5 Å². The minimum absolute atomic E-state index is 0.414. The highest BCUT2D eigenvalue weighted by Gasteiger charge is 2.19. The first-order valence-corrected chi connectivity index (χ1v) is 8.51. The van der Waals surface area contributed by atoms with Crippen LogP contribution in [-0.4, -0.2) is 17.6 Å². The lowest BCUT2D eigenvalue weighted by molar-refractivity contribution is 0.274. The molecular weight excluding hydrogens is 256 g/mol. The third-order valence-corrected chi connectivity index (χ3v) is 3.89. The molecule has 0 bridgehead atoms. The van der Waals surface area contributed by atoms with Crippen LogP contribution >= 0.6 is 0 Å². The van der Waals surface area contributed by atoms with Crippen molar-refractivity contribution >= 4 is 0 Å². The highest BCUT2D eigenvalue weighted by atomic mass is 14.9. The van der Waals surface area contributed by atoms with Gasteiger partial charge in [0.15, 0.2) is 0 Å². The van der Waals surface area contributed by atoms with Crippen LogP contribution in [0, 0.1) is 11.3 Å². The molecule has 0 aliphatic heterocycles. The van der Waals surface area contributed by atoms with Gasteiger partial charge in [-0.1, -0.05) is 47.6 Å².